The number of ether oxygens (including phenoxy) is 2. The number of hydrogen-bond acceptors (Lipinski definition) is 6. The van der Waals surface area contributed by atoms with Crippen molar-refractivity contribution in [2.45, 2.75) is 19.3 Å². The van der Waals surface area contributed by atoms with Crippen LogP contribution in [0.15, 0.2) is 40.1 Å². The minimum atomic E-state index is -1.06. The van der Waals surface area contributed by atoms with Gasteiger partial charge in [0.15, 0.2) is 0 Å². The summed E-state index contributed by atoms with van der Waals surface area (Å²) < 4.78 is 12.4. The van der Waals surface area contributed by atoms with E-state index in [0.29, 0.717) is 0 Å². The normalized spacial score (nSPS) is 11.8. The molecule has 1 aromatic heterocycles. The van der Waals surface area contributed by atoms with Crippen LogP contribution < -0.4 is 16.0 Å². The molecule has 0 radical (unpaired) electrons. The molecule has 25 heavy (non-hydrogen) atoms. The van der Waals surface area contributed by atoms with Gasteiger partial charge in [0.05, 0.1) is 33.0 Å². The summed E-state index contributed by atoms with van der Waals surface area (Å²) in [7, 11) is 3.01. The van der Waals surface area contributed by atoms with Gasteiger partial charge in [0, 0.05) is 13.2 Å². The molecule has 1 aromatic carbocycles. The van der Waals surface area contributed by atoms with Gasteiger partial charge in [-0.15, -0.1) is 0 Å². The summed E-state index contributed by atoms with van der Waals surface area (Å²) in [4.78, 5) is 24.0. The highest BCUT2D eigenvalue weighted by molar-refractivity contribution is 5.26. The van der Waals surface area contributed by atoms with Gasteiger partial charge in [0.2, 0.25) is 0 Å². The van der Waals surface area contributed by atoms with E-state index in [1.165, 1.54) is 13.2 Å². The van der Waals surface area contributed by atoms with Crippen LogP contribution in [0.25, 0.3) is 0 Å². The van der Waals surface area contributed by atoms with Crippen LogP contribution in [-0.4, -0.2) is 34.1 Å². The zero-order valence-corrected chi connectivity index (χ0v) is 14.0. The van der Waals surface area contributed by atoms with E-state index in [4.69, 9.17) is 14.7 Å². The Hall–Kier alpha value is -2.89. The van der Waals surface area contributed by atoms with Crippen LogP contribution in [0.1, 0.15) is 11.1 Å². The quantitative estimate of drug-likeness (QED) is 0.757. The lowest BCUT2D eigenvalue weighted by Crippen LogP contribution is -2.43. The lowest BCUT2D eigenvalue weighted by molar-refractivity contribution is 0.0191. The van der Waals surface area contributed by atoms with Crippen molar-refractivity contribution in [2.75, 3.05) is 13.7 Å². The fraction of sp³-hybridized carbons (Fsp3) is 0.353. The van der Waals surface area contributed by atoms with Gasteiger partial charge >= 0.3 is 5.69 Å². The van der Waals surface area contributed by atoms with Crippen molar-refractivity contribution in [3.63, 3.8) is 0 Å². The van der Waals surface area contributed by atoms with E-state index in [2.05, 4.69) is 0 Å². The van der Waals surface area contributed by atoms with Crippen molar-refractivity contribution < 1.29 is 14.6 Å². The summed E-state index contributed by atoms with van der Waals surface area (Å²) in [5, 5.41) is 19.0. The SMILES string of the molecule is COc1ccc(COC[C@H](O)Cn2c(=O)c(C#N)cn(C)c2=O)cc1. The second kappa shape index (κ2) is 8.28. The molecule has 0 aliphatic carbocycles. The lowest BCUT2D eigenvalue weighted by Gasteiger charge is -2.13. The molecule has 1 N–H and O–H groups in total. The fourth-order valence-corrected chi connectivity index (χ4v) is 2.26. The summed E-state index contributed by atoms with van der Waals surface area (Å²) >= 11 is 0. The Morgan fingerprint density at radius 3 is 2.56 bits per heavy atom. The topological polar surface area (TPSA) is 106 Å². The van der Waals surface area contributed by atoms with Gasteiger partial charge in [-0.2, -0.15) is 5.26 Å². The maximum Gasteiger partial charge on any atom is 0.330 e. The van der Waals surface area contributed by atoms with Gasteiger partial charge in [0.1, 0.15) is 17.4 Å². The molecule has 0 saturated carbocycles. The Bertz CT molecular complexity index is 877. The van der Waals surface area contributed by atoms with Crippen LogP contribution in [0.4, 0.5) is 0 Å². The molecule has 8 heteroatoms. The molecule has 132 valence electrons. The van der Waals surface area contributed by atoms with E-state index >= 15 is 0 Å². The van der Waals surface area contributed by atoms with E-state index in [0.717, 1.165) is 20.4 Å². The molecule has 0 saturated heterocycles. The Kier molecular flexibility index (Phi) is 6.11. The van der Waals surface area contributed by atoms with Crippen molar-refractivity contribution in [2.24, 2.45) is 7.05 Å². The van der Waals surface area contributed by atoms with Crippen molar-refractivity contribution in [1.82, 2.24) is 9.13 Å². The molecule has 0 aliphatic heterocycles. The molecule has 0 amide bonds. The van der Waals surface area contributed by atoms with Crippen molar-refractivity contribution >= 4 is 0 Å². The van der Waals surface area contributed by atoms with Crippen LogP contribution >= 0.6 is 0 Å². The predicted octanol–water partition coefficient (Wildman–Crippen LogP) is 0.00498. The molecule has 1 atom stereocenters. The summed E-state index contributed by atoms with van der Waals surface area (Å²) in [6, 6.07) is 9.00. The fourth-order valence-electron chi connectivity index (χ4n) is 2.26. The number of nitrogens with zero attached hydrogens (tertiary/aromatic N) is 3. The number of methoxy groups -OCH3 is 1. The smallest absolute Gasteiger partial charge is 0.330 e. The van der Waals surface area contributed by atoms with Gasteiger partial charge in [-0.3, -0.25) is 9.36 Å². The monoisotopic (exact) mass is 345 g/mol. The molecule has 0 bridgehead atoms. The first-order valence-electron chi connectivity index (χ1n) is 7.55. The lowest BCUT2D eigenvalue weighted by atomic mass is 10.2. The zero-order valence-electron chi connectivity index (χ0n) is 14.0. The number of aryl methyl sites for hydroxylation is 1. The van der Waals surface area contributed by atoms with Gasteiger partial charge < -0.3 is 19.1 Å². The van der Waals surface area contributed by atoms with E-state index in [9.17, 15) is 14.7 Å². The molecule has 0 aliphatic rings. The maximum atomic E-state index is 12.0. The van der Waals surface area contributed by atoms with Crippen LogP contribution in [0, 0.1) is 11.3 Å². The van der Waals surface area contributed by atoms with Crippen LogP contribution in [0.3, 0.4) is 0 Å². The van der Waals surface area contributed by atoms with Crippen molar-refractivity contribution in [3.05, 3.63) is 62.4 Å². The summed E-state index contributed by atoms with van der Waals surface area (Å²) in [5.41, 5.74) is -0.584. The van der Waals surface area contributed by atoms with E-state index in [-0.39, 0.29) is 25.3 Å². The molecule has 2 aromatic rings. The molecule has 1 heterocycles. The molecule has 0 spiro atoms. The Morgan fingerprint density at radius 2 is 1.96 bits per heavy atom. The van der Waals surface area contributed by atoms with Crippen LogP contribution in [0.5, 0.6) is 5.75 Å². The molecule has 0 unspecified atom stereocenters. The molecule has 0 fully saturated rings. The van der Waals surface area contributed by atoms with Crippen molar-refractivity contribution in [1.29, 1.82) is 5.26 Å². The van der Waals surface area contributed by atoms with Crippen LogP contribution in [-0.2, 0) is 24.9 Å². The Labute approximate surface area is 144 Å². The molecule has 2 rings (SSSR count). The highest BCUT2D eigenvalue weighted by Crippen LogP contribution is 2.12. The third-order valence-electron chi connectivity index (χ3n) is 3.58. The number of benzene rings is 1. The number of rotatable bonds is 7. The minimum absolute atomic E-state index is 0.0571. The van der Waals surface area contributed by atoms with Gasteiger partial charge in [-0.1, -0.05) is 12.1 Å². The standard InChI is InChI=1S/C17H19N3O5/c1-19-8-13(7-18)16(22)20(17(19)23)9-14(21)11-25-10-12-3-5-15(24-2)6-4-12/h3-6,8,14,21H,9-11H2,1-2H3/t14-/m1/s1. The van der Waals surface area contributed by atoms with E-state index in [1.807, 2.05) is 12.1 Å². The first-order valence-corrected chi connectivity index (χ1v) is 7.55. The van der Waals surface area contributed by atoms with Gasteiger partial charge in [-0.05, 0) is 17.7 Å². The average molecular weight is 345 g/mol. The zero-order chi connectivity index (χ0) is 18.4. The molecular formula is C17H19N3O5. The maximum absolute atomic E-state index is 12.0. The van der Waals surface area contributed by atoms with Crippen LogP contribution in [0.2, 0.25) is 0 Å². The highest BCUT2D eigenvalue weighted by atomic mass is 16.5. The number of hydrogen-bond donors (Lipinski definition) is 1. The first kappa shape index (κ1) is 18.4. The Morgan fingerprint density at radius 1 is 1.28 bits per heavy atom. The number of aromatic nitrogens is 2. The van der Waals surface area contributed by atoms with Gasteiger partial charge in [0.25, 0.3) is 5.56 Å². The second-order valence-corrected chi connectivity index (χ2v) is 5.48. The minimum Gasteiger partial charge on any atom is -0.497 e. The summed E-state index contributed by atoms with van der Waals surface area (Å²) in [6.07, 6.45) is 0.117. The van der Waals surface area contributed by atoms with E-state index < -0.39 is 17.4 Å². The molecular weight excluding hydrogens is 326 g/mol. The van der Waals surface area contributed by atoms with Gasteiger partial charge in [-0.25, -0.2) is 4.79 Å². The average Bonchev–Trinajstić information content (AvgIpc) is 2.62. The Balaban J connectivity index is 1.97. The second-order valence-electron chi connectivity index (χ2n) is 5.48. The van der Waals surface area contributed by atoms with E-state index in [1.54, 1.807) is 25.3 Å². The number of aliphatic hydroxyl groups is 1. The number of aliphatic hydroxyl groups excluding tert-OH is 1. The first-order chi connectivity index (χ1) is 12.0. The predicted molar refractivity (Wildman–Crippen MR) is 89.3 cm³/mol. The third kappa shape index (κ3) is 4.56. The highest BCUT2D eigenvalue weighted by Gasteiger charge is 2.14. The van der Waals surface area contributed by atoms with Crippen molar-refractivity contribution in [3.8, 4) is 11.8 Å². The number of nitriles is 1. The molecule has 8 nitrogen and oxygen atoms in total. The largest absolute Gasteiger partial charge is 0.497 e. The summed E-state index contributed by atoms with van der Waals surface area (Å²) in [6.45, 7) is -0.0335. The third-order valence-corrected chi connectivity index (χ3v) is 3.58. The summed E-state index contributed by atoms with van der Waals surface area (Å²) in [5.74, 6) is 0.733.